The highest BCUT2D eigenvalue weighted by atomic mass is 16.5. The van der Waals surface area contributed by atoms with Crippen molar-refractivity contribution in [2.75, 3.05) is 20.3 Å². The van der Waals surface area contributed by atoms with Gasteiger partial charge in [-0.2, -0.15) is 0 Å². The zero-order valence-corrected chi connectivity index (χ0v) is 16.4. The van der Waals surface area contributed by atoms with E-state index in [2.05, 4.69) is 51.1 Å². The maximum Gasteiger partial charge on any atom is 0.407 e. The number of alkyl carbamates (subject to hydrolysis) is 1. The van der Waals surface area contributed by atoms with Crippen LogP contribution in [-0.2, 0) is 9.47 Å². The molecule has 0 saturated heterocycles. The third-order valence-corrected chi connectivity index (χ3v) is 4.99. The van der Waals surface area contributed by atoms with Crippen LogP contribution < -0.4 is 5.32 Å². The fourth-order valence-corrected chi connectivity index (χ4v) is 3.61. The van der Waals surface area contributed by atoms with Crippen LogP contribution in [0.2, 0.25) is 0 Å². The summed E-state index contributed by atoms with van der Waals surface area (Å²) in [6.07, 6.45) is 1.09. The Morgan fingerprint density at radius 3 is 2.40 bits per heavy atom. The van der Waals surface area contributed by atoms with Gasteiger partial charge in [0.2, 0.25) is 0 Å². The van der Waals surface area contributed by atoms with Crippen LogP contribution in [0, 0.1) is 11.8 Å². The van der Waals surface area contributed by atoms with E-state index in [-0.39, 0.29) is 19.1 Å². The number of hydrogen-bond donors (Lipinski definition) is 2. The maximum absolute atomic E-state index is 12.1. The summed E-state index contributed by atoms with van der Waals surface area (Å²) >= 11 is 0. The molecular formula is C24H20N2O4. The second-order valence-electron chi connectivity index (χ2n) is 6.77. The SMILES string of the molecule is COC(=O)c1cc(C#CCNC(=O)OCC2c3ccccc3-c3ccccc32)c[nH]1. The molecule has 1 aliphatic carbocycles. The van der Waals surface area contributed by atoms with Gasteiger partial charge in [0.1, 0.15) is 12.3 Å². The predicted octanol–water partition coefficient (Wildman–Crippen LogP) is 3.69. The molecule has 4 rings (SSSR count). The Morgan fingerprint density at radius 1 is 1.07 bits per heavy atom. The Balaban J connectivity index is 1.32. The van der Waals surface area contributed by atoms with Gasteiger partial charge in [0, 0.05) is 17.7 Å². The number of rotatable bonds is 4. The number of aromatic nitrogens is 1. The quantitative estimate of drug-likeness (QED) is 0.517. The molecule has 3 aromatic rings. The number of H-pyrrole nitrogens is 1. The molecule has 0 fully saturated rings. The molecule has 0 radical (unpaired) electrons. The molecule has 0 spiro atoms. The minimum atomic E-state index is -0.518. The summed E-state index contributed by atoms with van der Waals surface area (Å²) in [6.45, 7) is 0.392. The van der Waals surface area contributed by atoms with Gasteiger partial charge in [-0.1, -0.05) is 60.4 Å². The highest BCUT2D eigenvalue weighted by Gasteiger charge is 2.28. The van der Waals surface area contributed by atoms with E-state index >= 15 is 0 Å². The third kappa shape index (κ3) is 3.91. The summed E-state index contributed by atoms with van der Waals surface area (Å²) in [5, 5.41) is 2.63. The monoisotopic (exact) mass is 400 g/mol. The maximum atomic E-state index is 12.1. The molecule has 1 aliphatic rings. The first-order chi connectivity index (χ1) is 14.7. The lowest BCUT2D eigenvalue weighted by atomic mass is 9.98. The van der Waals surface area contributed by atoms with E-state index in [4.69, 9.17) is 4.74 Å². The van der Waals surface area contributed by atoms with E-state index in [1.807, 2.05) is 24.3 Å². The molecule has 6 nitrogen and oxygen atoms in total. The van der Waals surface area contributed by atoms with E-state index in [1.165, 1.54) is 29.4 Å². The molecule has 0 bridgehead atoms. The molecule has 0 aliphatic heterocycles. The zero-order valence-electron chi connectivity index (χ0n) is 16.4. The Labute approximate surface area is 174 Å². The molecule has 0 saturated carbocycles. The average molecular weight is 400 g/mol. The Hall–Kier alpha value is -3.98. The summed E-state index contributed by atoms with van der Waals surface area (Å²) in [5.41, 5.74) is 5.66. The molecular weight excluding hydrogens is 380 g/mol. The number of ether oxygens (including phenoxy) is 2. The van der Waals surface area contributed by atoms with Crippen LogP contribution in [0.5, 0.6) is 0 Å². The number of amides is 1. The molecule has 0 unspecified atom stereocenters. The fraction of sp³-hybridized carbons (Fsp3) is 0.167. The molecule has 1 aromatic heterocycles. The number of nitrogens with one attached hydrogen (secondary N) is 2. The third-order valence-electron chi connectivity index (χ3n) is 4.99. The molecule has 1 heterocycles. The molecule has 0 atom stereocenters. The van der Waals surface area contributed by atoms with E-state index in [1.54, 1.807) is 12.3 Å². The van der Waals surface area contributed by atoms with Gasteiger partial charge in [-0.05, 0) is 28.3 Å². The van der Waals surface area contributed by atoms with Crippen LogP contribution in [0.4, 0.5) is 4.79 Å². The van der Waals surface area contributed by atoms with E-state index in [0.717, 1.165) is 0 Å². The predicted molar refractivity (Wildman–Crippen MR) is 112 cm³/mol. The van der Waals surface area contributed by atoms with Crippen LogP contribution in [0.15, 0.2) is 60.8 Å². The van der Waals surface area contributed by atoms with Gasteiger partial charge in [0.05, 0.1) is 13.7 Å². The summed E-state index contributed by atoms with van der Waals surface area (Å²) in [7, 11) is 1.31. The van der Waals surface area contributed by atoms with Gasteiger partial charge >= 0.3 is 12.1 Å². The lowest BCUT2D eigenvalue weighted by Crippen LogP contribution is -2.26. The van der Waals surface area contributed by atoms with Crippen molar-refractivity contribution in [2.45, 2.75) is 5.92 Å². The van der Waals surface area contributed by atoms with Gasteiger partial charge < -0.3 is 19.8 Å². The number of benzene rings is 2. The van der Waals surface area contributed by atoms with Crippen LogP contribution in [0.3, 0.4) is 0 Å². The molecule has 30 heavy (non-hydrogen) atoms. The largest absolute Gasteiger partial charge is 0.464 e. The molecule has 6 heteroatoms. The number of fused-ring (bicyclic) bond motifs is 3. The van der Waals surface area contributed by atoms with Crippen LogP contribution in [0.1, 0.15) is 33.1 Å². The minimum Gasteiger partial charge on any atom is -0.464 e. The molecule has 150 valence electrons. The zero-order chi connectivity index (χ0) is 20.9. The van der Waals surface area contributed by atoms with Gasteiger partial charge in [-0.25, -0.2) is 9.59 Å². The first kappa shape index (κ1) is 19.3. The van der Waals surface area contributed by atoms with E-state index in [9.17, 15) is 9.59 Å². The number of esters is 1. The number of carbonyl (C=O) groups is 2. The number of aromatic amines is 1. The molecule has 1 amide bonds. The first-order valence-electron chi connectivity index (χ1n) is 9.52. The number of hydrogen-bond acceptors (Lipinski definition) is 4. The topological polar surface area (TPSA) is 80.4 Å². The Bertz CT molecular complexity index is 1110. The number of methoxy groups -OCH3 is 1. The minimum absolute atomic E-state index is 0.0193. The first-order valence-corrected chi connectivity index (χ1v) is 9.52. The van der Waals surface area contributed by atoms with Crippen LogP contribution >= 0.6 is 0 Å². The van der Waals surface area contributed by atoms with Crippen molar-refractivity contribution in [1.82, 2.24) is 10.3 Å². The lowest BCUT2D eigenvalue weighted by molar-refractivity contribution is 0.0594. The van der Waals surface area contributed by atoms with Gasteiger partial charge in [-0.15, -0.1) is 0 Å². The average Bonchev–Trinajstić information content (AvgIpc) is 3.38. The molecule has 2 N–H and O–H groups in total. The highest BCUT2D eigenvalue weighted by Crippen LogP contribution is 2.44. The lowest BCUT2D eigenvalue weighted by Gasteiger charge is -2.14. The van der Waals surface area contributed by atoms with Crippen molar-refractivity contribution in [3.8, 4) is 23.0 Å². The summed E-state index contributed by atoms with van der Waals surface area (Å²) in [6, 6.07) is 18.0. The van der Waals surface area contributed by atoms with Crippen molar-refractivity contribution in [3.05, 3.63) is 83.2 Å². The number of carbonyl (C=O) groups excluding carboxylic acids is 2. The van der Waals surface area contributed by atoms with Crippen LogP contribution in [0.25, 0.3) is 11.1 Å². The summed E-state index contributed by atoms with van der Waals surface area (Å²) < 4.78 is 10.1. The van der Waals surface area contributed by atoms with Gasteiger partial charge in [0.25, 0.3) is 0 Å². The highest BCUT2D eigenvalue weighted by molar-refractivity contribution is 5.87. The van der Waals surface area contributed by atoms with Crippen molar-refractivity contribution in [1.29, 1.82) is 0 Å². The standard InChI is InChI=1S/C24H20N2O4/c1-29-23(27)22-13-16(14-26-22)7-6-12-25-24(28)30-15-21-19-10-4-2-8-17(19)18-9-3-5-11-20(18)21/h2-5,8-11,13-14,21,26H,12,15H2,1H3,(H,25,28). The van der Waals surface area contributed by atoms with E-state index in [0.29, 0.717) is 11.3 Å². The fourth-order valence-electron chi connectivity index (χ4n) is 3.61. The van der Waals surface area contributed by atoms with Crippen molar-refractivity contribution in [2.24, 2.45) is 0 Å². The second kappa shape index (κ2) is 8.58. The normalized spacial score (nSPS) is 11.6. The van der Waals surface area contributed by atoms with Crippen molar-refractivity contribution < 1.29 is 19.1 Å². The van der Waals surface area contributed by atoms with Crippen molar-refractivity contribution in [3.63, 3.8) is 0 Å². The summed E-state index contributed by atoms with van der Waals surface area (Å²) in [4.78, 5) is 26.3. The molecule has 2 aromatic carbocycles. The second-order valence-corrected chi connectivity index (χ2v) is 6.77. The summed E-state index contributed by atoms with van der Waals surface area (Å²) in [5.74, 6) is 5.25. The Morgan fingerprint density at radius 2 is 1.73 bits per heavy atom. The van der Waals surface area contributed by atoms with E-state index < -0.39 is 12.1 Å². The smallest absolute Gasteiger partial charge is 0.407 e. The van der Waals surface area contributed by atoms with Crippen LogP contribution in [-0.4, -0.2) is 37.3 Å². The van der Waals surface area contributed by atoms with Crippen molar-refractivity contribution >= 4 is 12.1 Å². The van der Waals surface area contributed by atoms with Gasteiger partial charge in [0.15, 0.2) is 0 Å². The van der Waals surface area contributed by atoms with Gasteiger partial charge in [-0.3, -0.25) is 0 Å². The Kier molecular flexibility index (Phi) is 5.53.